The molecule has 2 aromatic rings. The zero-order valence-electron chi connectivity index (χ0n) is 11.4. The molecule has 0 aromatic heterocycles. The first-order valence-electron chi connectivity index (χ1n) is 6.59. The summed E-state index contributed by atoms with van der Waals surface area (Å²) in [5.74, 6) is 0.0586. The molecule has 0 fully saturated rings. The average Bonchev–Trinajstić information content (AvgIpc) is 2.46. The largest absolute Gasteiger partial charge is 0.324 e. The topological polar surface area (TPSA) is 43.1 Å². The number of aryl methyl sites for hydroxylation is 1. The lowest BCUT2D eigenvalue weighted by molar-refractivity contribution is 0.103. The minimum Gasteiger partial charge on any atom is -0.324 e. The van der Waals surface area contributed by atoms with E-state index in [0.717, 1.165) is 23.1 Å². The molecule has 98 valence electrons. The van der Waals surface area contributed by atoms with Crippen molar-refractivity contribution < 1.29 is 4.79 Å². The molecule has 2 heteroatoms. The molecule has 1 atom stereocenters. The van der Waals surface area contributed by atoms with Crippen molar-refractivity contribution >= 4 is 5.78 Å². The van der Waals surface area contributed by atoms with Crippen LogP contribution in [0.3, 0.4) is 0 Å². The van der Waals surface area contributed by atoms with Gasteiger partial charge in [-0.25, -0.2) is 0 Å². The van der Waals surface area contributed by atoms with Crippen LogP contribution in [-0.2, 0) is 0 Å². The summed E-state index contributed by atoms with van der Waals surface area (Å²) in [7, 11) is 0. The van der Waals surface area contributed by atoms with Crippen molar-refractivity contribution in [3.63, 3.8) is 0 Å². The van der Waals surface area contributed by atoms with Gasteiger partial charge in [0.15, 0.2) is 5.78 Å². The molecule has 2 nitrogen and oxygen atoms in total. The van der Waals surface area contributed by atoms with Gasteiger partial charge in [0.2, 0.25) is 0 Å². The Morgan fingerprint density at radius 1 is 1.16 bits per heavy atom. The van der Waals surface area contributed by atoms with Gasteiger partial charge in [-0.3, -0.25) is 4.79 Å². The van der Waals surface area contributed by atoms with Gasteiger partial charge in [0.1, 0.15) is 0 Å². The lowest BCUT2D eigenvalue weighted by Gasteiger charge is -2.11. The molecule has 0 heterocycles. The molecule has 0 spiro atoms. The van der Waals surface area contributed by atoms with Gasteiger partial charge in [0, 0.05) is 17.2 Å². The number of carbonyl (C=O) groups is 1. The van der Waals surface area contributed by atoms with Gasteiger partial charge in [-0.15, -0.1) is 0 Å². The fourth-order valence-corrected chi connectivity index (χ4v) is 2.13. The second-order valence-electron chi connectivity index (χ2n) is 4.78. The van der Waals surface area contributed by atoms with E-state index >= 15 is 0 Å². The van der Waals surface area contributed by atoms with E-state index in [1.807, 2.05) is 62.4 Å². The Morgan fingerprint density at radius 2 is 1.89 bits per heavy atom. The molecule has 0 bridgehead atoms. The van der Waals surface area contributed by atoms with Crippen molar-refractivity contribution in [3.8, 4) is 0 Å². The van der Waals surface area contributed by atoms with E-state index in [0.29, 0.717) is 5.56 Å². The average molecular weight is 253 g/mol. The zero-order valence-corrected chi connectivity index (χ0v) is 11.4. The quantitative estimate of drug-likeness (QED) is 0.845. The first-order valence-corrected chi connectivity index (χ1v) is 6.59. The maximum Gasteiger partial charge on any atom is 0.193 e. The highest BCUT2D eigenvalue weighted by atomic mass is 16.1. The van der Waals surface area contributed by atoms with E-state index in [4.69, 9.17) is 5.73 Å². The molecule has 19 heavy (non-hydrogen) atoms. The van der Waals surface area contributed by atoms with Crippen LogP contribution in [0.1, 0.15) is 46.4 Å². The van der Waals surface area contributed by atoms with Crippen LogP contribution in [0.15, 0.2) is 48.5 Å². The second kappa shape index (κ2) is 5.81. The number of rotatable bonds is 4. The maximum absolute atomic E-state index is 12.5. The van der Waals surface area contributed by atoms with Crippen LogP contribution in [0.2, 0.25) is 0 Å². The van der Waals surface area contributed by atoms with Crippen LogP contribution >= 0.6 is 0 Å². The Hall–Kier alpha value is -1.93. The molecule has 0 unspecified atom stereocenters. The molecule has 0 radical (unpaired) electrons. The summed E-state index contributed by atoms with van der Waals surface area (Å²) in [4.78, 5) is 12.5. The van der Waals surface area contributed by atoms with Crippen LogP contribution in [0.4, 0.5) is 0 Å². The Morgan fingerprint density at radius 3 is 2.58 bits per heavy atom. The summed E-state index contributed by atoms with van der Waals surface area (Å²) in [6.07, 6.45) is 0.863. The van der Waals surface area contributed by atoms with Crippen LogP contribution in [0.5, 0.6) is 0 Å². The third-order valence-electron chi connectivity index (χ3n) is 3.41. The SMILES string of the molecule is CC[C@@H](N)c1cccc(C(=O)c2ccccc2C)c1. The van der Waals surface area contributed by atoms with Crippen molar-refractivity contribution in [3.05, 3.63) is 70.8 Å². The minimum absolute atomic E-state index is 0.00961. The fourth-order valence-electron chi connectivity index (χ4n) is 2.13. The van der Waals surface area contributed by atoms with Crippen molar-refractivity contribution in [1.82, 2.24) is 0 Å². The number of hydrogen-bond donors (Lipinski definition) is 1. The first kappa shape index (κ1) is 13.5. The Balaban J connectivity index is 2.37. The molecule has 0 saturated carbocycles. The molecular weight excluding hydrogens is 234 g/mol. The predicted molar refractivity (Wildman–Crippen MR) is 78.3 cm³/mol. The molecule has 0 aliphatic heterocycles. The summed E-state index contributed by atoms with van der Waals surface area (Å²) in [5, 5.41) is 0. The molecular formula is C17H19NO. The van der Waals surface area contributed by atoms with E-state index in [1.165, 1.54) is 0 Å². The summed E-state index contributed by atoms with van der Waals surface area (Å²) in [6.45, 7) is 4.00. The Kier molecular flexibility index (Phi) is 4.13. The monoisotopic (exact) mass is 253 g/mol. The van der Waals surface area contributed by atoms with Crippen LogP contribution in [0, 0.1) is 6.92 Å². The summed E-state index contributed by atoms with van der Waals surface area (Å²) in [5.41, 5.74) is 9.49. The molecule has 0 aliphatic rings. The normalized spacial score (nSPS) is 12.2. The summed E-state index contributed by atoms with van der Waals surface area (Å²) >= 11 is 0. The van der Waals surface area contributed by atoms with Gasteiger partial charge in [0.25, 0.3) is 0 Å². The molecule has 0 aliphatic carbocycles. The van der Waals surface area contributed by atoms with E-state index in [1.54, 1.807) is 0 Å². The number of nitrogens with two attached hydrogens (primary N) is 1. The second-order valence-corrected chi connectivity index (χ2v) is 4.78. The van der Waals surface area contributed by atoms with Crippen molar-refractivity contribution in [2.24, 2.45) is 5.73 Å². The van der Waals surface area contributed by atoms with Gasteiger partial charge in [-0.2, -0.15) is 0 Å². The highest BCUT2D eigenvalue weighted by Crippen LogP contribution is 2.19. The lowest BCUT2D eigenvalue weighted by Crippen LogP contribution is -2.10. The van der Waals surface area contributed by atoms with Crippen LogP contribution in [0.25, 0.3) is 0 Å². The van der Waals surface area contributed by atoms with E-state index < -0.39 is 0 Å². The minimum atomic E-state index is -0.00961. The molecule has 2 N–H and O–H groups in total. The van der Waals surface area contributed by atoms with E-state index in [9.17, 15) is 4.79 Å². The Bertz CT molecular complexity index is 589. The third-order valence-corrected chi connectivity index (χ3v) is 3.41. The van der Waals surface area contributed by atoms with Gasteiger partial charge >= 0.3 is 0 Å². The molecule has 2 aromatic carbocycles. The highest BCUT2D eigenvalue weighted by molar-refractivity contribution is 6.09. The van der Waals surface area contributed by atoms with Crippen LogP contribution in [-0.4, -0.2) is 5.78 Å². The lowest BCUT2D eigenvalue weighted by atomic mass is 9.96. The van der Waals surface area contributed by atoms with Gasteiger partial charge in [-0.1, -0.05) is 49.4 Å². The Labute approximate surface area is 114 Å². The van der Waals surface area contributed by atoms with Crippen molar-refractivity contribution in [1.29, 1.82) is 0 Å². The fraction of sp³-hybridized carbons (Fsp3) is 0.235. The van der Waals surface area contributed by atoms with Crippen molar-refractivity contribution in [2.45, 2.75) is 26.3 Å². The highest BCUT2D eigenvalue weighted by Gasteiger charge is 2.12. The van der Waals surface area contributed by atoms with Gasteiger partial charge in [0.05, 0.1) is 0 Å². The zero-order chi connectivity index (χ0) is 13.8. The summed E-state index contributed by atoms with van der Waals surface area (Å²) < 4.78 is 0. The molecule has 0 amide bonds. The van der Waals surface area contributed by atoms with E-state index in [-0.39, 0.29) is 11.8 Å². The number of carbonyl (C=O) groups excluding carboxylic acids is 1. The standard InChI is InChI=1S/C17H19NO/c1-3-16(18)13-8-6-9-14(11-13)17(19)15-10-5-4-7-12(15)2/h4-11,16H,3,18H2,1-2H3/t16-/m1/s1. The number of hydrogen-bond acceptors (Lipinski definition) is 2. The number of benzene rings is 2. The molecule has 0 saturated heterocycles. The summed E-state index contributed by atoms with van der Waals surface area (Å²) in [6, 6.07) is 15.3. The van der Waals surface area contributed by atoms with Gasteiger partial charge in [-0.05, 0) is 30.5 Å². The van der Waals surface area contributed by atoms with Crippen molar-refractivity contribution in [2.75, 3.05) is 0 Å². The smallest absolute Gasteiger partial charge is 0.193 e. The number of ketones is 1. The van der Waals surface area contributed by atoms with Crippen LogP contribution < -0.4 is 5.73 Å². The third kappa shape index (κ3) is 2.91. The van der Waals surface area contributed by atoms with E-state index in [2.05, 4.69) is 0 Å². The van der Waals surface area contributed by atoms with Gasteiger partial charge < -0.3 is 5.73 Å². The molecule has 2 rings (SSSR count). The first-order chi connectivity index (χ1) is 9.13. The predicted octanol–water partition coefficient (Wildman–Crippen LogP) is 3.64. The maximum atomic E-state index is 12.5.